The van der Waals surface area contributed by atoms with E-state index >= 15 is 0 Å². The number of anilines is 1. The fraction of sp³-hybridized carbons (Fsp3) is 0.400. The quantitative estimate of drug-likeness (QED) is 0.779. The molecule has 0 aliphatic heterocycles. The number of ether oxygens (including phenoxy) is 1. The summed E-state index contributed by atoms with van der Waals surface area (Å²) in [4.78, 5) is 0.652. The summed E-state index contributed by atoms with van der Waals surface area (Å²) in [7, 11) is 0.513. The average molecular weight is 213 g/mol. The van der Waals surface area contributed by atoms with Crippen LogP contribution < -0.4 is 10.5 Å². The molecule has 3 nitrogen and oxygen atoms in total. The first-order chi connectivity index (χ1) is 6.56. The van der Waals surface area contributed by atoms with Gasteiger partial charge in [0.2, 0.25) is 0 Å². The summed E-state index contributed by atoms with van der Waals surface area (Å²) in [5, 5.41) is 0.0596. The molecular weight excluding hydrogens is 198 g/mol. The molecule has 78 valence electrons. The number of hydrogen-bond acceptors (Lipinski definition) is 3. The van der Waals surface area contributed by atoms with E-state index in [4.69, 9.17) is 10.5 Å². The molecule has 0 fully saturated rings. The second kappa shape index (κ2) is 4.46. The van der Waals surface area contributed by atoms with Crippen LogP contribution in [-0.4, -0.2) is 16.6 Å². The van der Waals surface area contributed by atoms with Crippen molar-refractivity contribution in [2.24, 2.45) is 0 Å². The Bertz CT molecular complexity index is 350. The number of nitrogen functional groups attached to an aromatic ring is 1. The monoisotopic (exact) mass is 213 g/mol. The molecule has 0 saturated heterocycles. The van der Waals surface area contributed by atoms with Crippen molar-refractivity contribution in [2.75, 3.05) is 12.8 Å². The van der Waals surface area contributed by atoms with Crippen LogP contribution in [0.2, 0.25) is 0 Å². The van der Waals surface area contributed by atoms with Gasteiger partial charge < -0.3 is 10.5 Å². The summed E-state index contributed by atoms with van der Waals surface area (Å²) >= 11 is 0. The SMILES string of the molecule is COc1ccc(N)c(S(=O)C(C)C)c1. The van der Waals surface area contributed by atoms with Gasteiger partial charge in [-0.3, -0.25) is 4.21 Å². The molecule has 1 aromatic carbocycles. The van der Waals surface area contributed by atoms with E-state index in [9.17, 15) is 4.21 Å². The lowest BCUT2D eigenvalue weighted by molar-refractivity contribution is 0.413. The highest BCUT2D eigenvalue weighted by molar-refractivity contribution is 7.85. The van der Waals surface area contributed by atoms with Crippen molar-refractivity contribution in [1.82, 2.24) is 0 Å². The molecule has 0 heterocycles. The maximum absolute atomic E-state index is 11.8. The minimum Gasteiger partial charge on any atom is -0.497 e. The molecule has 0 radical (unpaired) electrons. The van der Waals surface area contributed by atoms with Gasteiger partial charge in [-0.2, -0.15) is 0 Å². The Hall–Kier alpha value is -1.03. The normalized spacial score (nSPS) is 12.9. The highest BCUT2D eigenvalue weighted by Crippen LogP contribution is 2.24. The van der Waals surface area contributed by atoms with Crippen LogP contribution in [0.25, 0.3) is 0 Å². The van der Waals surface area contributed by atoms with Crippen LogP contribution in [0.1, 0.15) is 13.8 Å². The van der Waals surface area contributed by atoms with Crippen molar-refractivity contribution in [1.29, 1.82) is 0 Å². The summed E-state index contributed by atoms with van der Waals surface area (Å²) in [6.07, 6.45) is 0. The smallest absolute Gasteiger partial charge is 0.120 e. The summed E-state index contributed by atoms with van der Waals surface area (Å²) in [6.45, 7) is 3.80. The van der Waals surface area contributed by atoms with Gasteiger partial charge in [0, 0.05) is 10.9 Å². The van der Waals surface area contributed by atoms with Gasteiger partial charge in [0.1, 0.15) is 5.75 Å². The Morgan fingerprint density at radius 1 is 1.43 bits per heavy atom. The Labute approximate surface area is 86.7 Å². The van der Waals surface area contributed by atoms with Gasteiger partial charge in [-0.25, -0.2) is 0 Å². The molecule has 4 heteroatoms. The Morgan fingerprint density at radius 3 is 2.57 bits per heavy atom. The molecule has 1 atom stereocenters. The van der Waals surface area contributed by atoms with Crippen LogP contribution in [0, 0.1) is 0 Å². The first-order valence-corrected chi connectivity index (χ1v) is 5.61. The van der Waals surface area contributed by atoms with E-state index in [1.54, 1.807) is 25.3 Å². The molecule has 0 spiro atoms. The van der Waals surface area contributed by atoms with Gasteiger partial charge in [-0.15, -0.1) is 0 Å². The molecule has 1 rings (SSSR count). The standard InChI is InChI=1S/C10H15NO2S/c1-7(2)14(12)10-6-8(13-3)4-5-9(10)11/h4-7H,11H2,1-3H3. The first-order valence-electron chi connectivity index (χ1n) is 4.40. The molecular formula is C10H15NO2S. The fourth-order valence-corrected chi connectivity index (χ4v) is 2.11. The van der Waals surface area contributed by atoms with Crippen molar-refractivity contribution in [2.45, 2.75) is 24.0 Å². The van der Waals surface area contributed by atoms with Crippen LogP contribution in [0.4, 0.5) is 5.69 Å². The van der Waals surface area contributed by atoms with Crippen molar-refractivity contribution in [3.8, 4) is 5.75 Å². The maximum atomic E-state index is 11.8. The largest absolute Gasteiger partial charge is 0.497 e. The molecule has 14 heavy (non-hydrogen) atoms. The zero-order valence-corrected chi connectivity index (χ0v) is 9.43. The average Bonchev–Trinajstić information content (AvgIpc) is 2.17. The molecule has 1 unspecified atom stereocenters. The molecule has 0 aromatic heterocycles. The molecule has 0 bridgehead atoms. The molecule has 1 aromatic rings. The van der Waals surface area contributed by atoms with Gasteiger partial charge >= 0.3 is 0 Å². The predicted molar refractivity (Wildman–Crippen MR) is 59.0 cm³/mol. The van der Waals surface area contributed by atoms with E-state index in [0.717, 1.165) is 0 Å². The third-order valence-electron chi connectivity index (χ3n) is 1.87. The number of hydrogen-bond donors (Lipinski definition) is 1. The van der Waals surface area contributed by atoms with Crippen LogP contribution >= 0.6 is 0 Å². The highest BCUT2D eigenvalue weighted by atomic mass is 32.2. The van der Waals surface area contributed by atoms with Crippen LogP contribution in [0.15, 0.2) is 23.1 Å². The van der Waals surface area contributed by atoms with Crippen LogP contribution in [-0.2, 0) is 10.8 Å². The second-order valence-electron chi connectivity index (χ2n) is 3.25. The Morgan fingerprint density at radius 2 is 2.07 bits per heavy atom. The van der Waals surface area contributed by atoms with Gasteiger partial charge in [0.25, 0.3) is 0 Å². The second-order valence-corrected chi connectivity index (χ2v) is 5.23. The first kappa shape index (κ1) is 11.0. The van der Waals surface area contributed by atoms with Gasteiger partial charge in [0.15, 0.2) is 0 Å². The van der Waals surface area contributed by atoms with Gasteiger partial charge in [0.05, 0.1) is 22.8 Å². The summed E-state index contributed by atoms with van der Waals surface area (Å²) < 4.78 is 16.9. The predicted octanol–water partition coefficient (Wildman–Crippen LogP) is 1.79. The molecule has 0 saturated carbocycles. The topological polar surface area (TPSA) is 52.3 Å². The minimum atomic E-state index is -1.06. The van der Waals surface area contributed by atoms with Crippen LogP contribution in [0.3, 0.4) is 0 Å². The Balaban J connectivity index is 3.12. The molecule has 0 aliphatic rings. The fourth-order valence-electron chi connectivity index (χ4n) is 1.07. The zero-order chi connectivity index (χ0) is 10.7. The molecule has 2 N–H and O–H groups in total. The molecule has 0 amide bonds. The maximum Gasteiger partial charge on any atom is 0.120 e. The van der Waals surface area contributed by atoms with E-state index in [1.807, 2.05) is 13.8 Å². The zero-order valence-electron chi connectivity index (χ0n) is 8.61. The summed E-state index contributed by atoms with van der Waals surface area (Å²) in [6, 6.07) is 5.20. The van der Waals surface area contributed by atoms with E-state index in [2.05, 4.69) is 0 Å². The number of rotatable bonds is 3. The third-order valence-corrected chi connectivity index (χ3v) is 3.51. The summed E-state index contributed by atoms with van der Waals surface area (Å²) in [5.74, 6) is 0.684. The van der Waals surface area contributed by atoms with Crippen molar-refractivity contribution in [3.05, 3.63) is 18.2 Å². The Kier molecular flexibility index (Phi) is 3.52. The number of benzene rings is 1. The van der Waals surface area contributed by atoms with E-state index < -0.39 is 10.8 Å². The molecule has 0 aliphatic carbocycles. The van der Waals surface area contributed by atoms with Crippen molar-refractivity contribution >= 4 is 16.5 Å². The highest BCUT2D eigenvalue weighted by Gasteiger charge is 2.12. The van der Waals surface area contributed by atoms with Gasteiger partial charge in [-0.05, 0) is 18.2 Å². The lowest BCUT2D eigenvalue weighted by atomic mass is 10.3. The van der Waals surface area contributed by atoms with E-state index in [-0.39, 0.29) is 5.25 Å². The van der Waals surface area contributed by atoms with Crippen molar-refractivity contribution in [3.63, 3.8) is 0 Å². The van der Waals surface area contributed by atoms with Gasteiger partial charge in [-0.1, -0.05) is 13.8 Å². The number of methoxy groups -OCH3 is 1. The van der Waals surface area contributed by atoms with E-state index in [1.165, 1.54) is 0 Å². The lowest BCUT2D eigenvalue weighted by Gasteiger charge is -2.09. The summed E-state index contributed by atoms with van der Waals surface area (Å²) in [5.41, 5.74) is 6.29. The minimum absolute atomic E-state index is 0.0596. The lowest BCUT2D eigenvalue weighted by Crippen LogP contribution is -2.08. The van der Waals surface area contributed by atoms with E-state index in [0.29, 0.717) is 16.3 Å². The number of nitrogens with two attached hydrogens (primary N) is 1. The third kappa shape index (κ3) is 2.26. The van der Waals surface area contributed by atoms with Crippen LogP contribution in [0.5, 0.6) is 5.75 Å². The van der Waals surface area contributed by atoms with Crippen molar-refractivity contribution < 1.29 is 8.95 Å².